The van der Waals surface area contributed by atoms with Gasteiger partial charge in [-0.25, -0.2) is 4.68 Å². The molecule has 0 fully saturated rings. The maximum absolute atomic E-state index is 11.7. The van der Waals surface area contributed by atoms with Gasteiger partial charge in [0.25, 0.3) is 5.91 Å². The Labute approximate surface area is 127 Å². The molecular formula is C13H8BrClN4O. The van der Waals surface area contributed by atoms with E-state index in [0.717, 1.165) is 4.47 Å². The lowest BCUT2D eigenvalue weighted by Crippen LogP contribution is -2.17. The SMILES string of the molecule is NC(=O)c1c2nccc(Cl)c2nn1-c1ccc(Br)cc1. The standard InChI is InChI=1S/C13H8BrClN4O/c14-7-1-3-8(4-2-7)19-12(13(16)20)11-10(18-19)9(15)5-6-17-11/h1-6H,(H2,16,20). The summed E-state index contributed by atoms with van der Waals surface area (Å²) in [7, 11) is 0. The molecule has 2 N–H and O–H groups in total. The van der Waals surface area contributed by atoms with Gasteiger partial charge < -0.3 is 5.73 Å². The topological polar surface area (TPSA) is 73.8 Å². The minimum absolute atomic E-state index is 0.213. The average molecular weight is 352 g/mol. The van der Waals surface area contributed by atoms with Crippen LogP contribution >= 0.6 is 27.5 Å². The lowest BCUT2D eigenvalue weighted by molar-refractivity contribution is 0.0994. The molecule has 1 aromatic carbocycles. The maximum Gasteiger partial charge on any atom is 0.269 e. The second-order valence-electron chi connectivity index (χ2n) is 4.09. The van der Waals surface area contributed by atoms with Crippen LogP contribution in [0.2, 0.25) is 5.02 Å². The number of aromatic nitrogens is 3. The van der Waals surface area contributed by atoms with Gasteiger partial charge in [-0.1, -0.05) is 27.5 Å². The highest BCUT2D eigenvalue weighted by molar-refractivity contribution is 9.10. The molecule has 3 aromatic rings. The quantitative estimate of drug-likeness (QED) is 0.771. The number of halogens is 2. The smallest absolute Gasteiger partial charge is 0.269 e. The third-order valence-electron chi connectivity index (χ3n) is 2.82. The molecule has 0 radical (unpaired) electrons. The molecule has 0 aliphatic carbocycles. The number of rotatable bonds is 2. The first-order valence-corrected chi connectivity index (χ1v) is 6.84. The molecule has 0 unspecified atom stereocenters. The number of amides is 1. The van der Waals surface area contributed by atoms with E-state index in [9.17, 15) is 4.79 Å². The van der Waals surface area contributed by atoms with E-state index in [1.807, 2.05) is 24.3 Å². The van der Waals surface area contributed by atoms with Crippen LogP contribution in [0.4, 0.5) is 0 Å². The molecule has 20 heavy (non-hydrogen) atoms. The number of nitrogens with zero attached hydrogens (tertiary/aromatic N) is 3. The fourth-order valence-electron chi connectivity index (χ4n) is 1.94. The van der Waals surface area contributed by atoms with Crippen LogP contribution in [0.5, 0.6) is 0 Å². The van der Waals surface area contributed by atoms with Crippen molar-refractivity contribution in [1.82, 2.24) is 14.8 Å². The van der Waals surface area contributed by atoms with Gasteiger partial charge in [0.15, 0.2) is 5.69 Å². The monoisotopic (exact) mass is 350 g/mol. The van der Waals surface area contributed by atoms with Gasteiger partial charge >= 0.3 is 0 Å². The zero-order chi connectivity index (χ0) is 14.3. The summed E-state index contributed by atoms with van der Waals surface area (Å²) in [4.78, 5) is 15.9. The highest BCUT2D eigenvalue weighted by Crippen LogP contribution is 2.25. The highest BCUT2D eigenvalue weighted by atomic mass is 79.9. The first-order chi connectivity index (χ1) is 9.58. The molecule has 0 spiro atoms. The molecule has 0 atom stereocenters. The third-order valence-corrected chi connectivity index (χ3v) is 3.65. The van der Waals surface area contributed by atoms with Gasteiger partial charge in [0.05, 0.1) is 10.7 Å². The molecule has 5 nitrogen and oxygen atoms in total. The van der Waals surface area contributed by atoms with E-state index in [1.165, 1.54) is 10.9 Å². The van der Waals surface area contributed by atoms with Gasteiger partial charge in [-0.3, -0.25) is 9.78 Å². The molecule has 0 saturated carbocycles. The number of hydrogen-bond acceptors (Lipinski definition) is 3. The minimum Gasteiger partial charge on any atom is -0.364 e. The minimum atomic E-state index is -0.606. The van der Waals surface area contributed by atoms with Crippen molar-refractivity contribution in [1.29, 1.82) is 0 Å². The van der Waals surface area contributed by atoms with Gasteiger partial charge in [-0.05, 0) is 30.3 Å². The zero-order valence-corrected chi connectivity index (χ0v) is 12.4. The second-order valence-corrected chi connectivity index (χ2v) is 5.41. The molecule has 0 aliphatic heterocycles. The lowest BCUT2D eigenvalue weighted by atomic mass is 10.3. The van der Waals surface area contributed by atoms with Gasteiger partial charge in [0.2, 0.25) is 0 Å². The lowest BCUT2D eigenvalue weighted by Gasteiger charge is -2.04. The fourth-order valence-corrected chi connectivity index (χ4v) is 2.39. The molecule has 0 saturated heterocycles. The number of carbonyl (C=O) groups is 1. The Balaban J connectivity index is 2.35. The summed E-state index contributed by atoms with van der Waals surface area (Å²) in [6, 6.07) is 8.95. The molecule has 2 heterocycles. The van der Waals surface area contributed by atoms with E-state index >= 15 is 0 Å². The summed E-state index contributed by atoms with van der Waals surface area (Å²) in [6.07, 6.45) is 1.52. The van der Waals surface area contributed by atoms with Crippen molar-refractivity contribution in [3.05, 3.63) is 51.7 Å². The largest absolute Gasteiger partial charge is 0.364 e. The van der Waals surface area contributed by atoms with Crippen molar-refractivity contribution in [2.75, 3.05) is 0 Å². The summed E-state index contributed by atoms with van der Waals surface area (Å²) in [5.74, 6) is -0.606. The van der Waals surface area contributed by atoms with E-state index in [2.05, 4.69) is 26.0 Å². The Morgan fingerprint density at radius 3 is 2.55 bits per heavy atom. The number of pyridine rings is 1. The van der Waals surface area contributed by atoms with Gasteiger partial charge in [-0.15, -0.1) is 0 Å². The Hall–Kier alpha value is -1.92. The van der Waals surface area contributed by atoms with Crippen LogP contribution in [0.15, 0.2) is 41.0 Å². The molecule has 3 rings (SSSR count). The Kier molecular flexibility index (Phi) is 3.19. The van der Waals surface area contributed by atoms with Crippen LogP contribution in [0.3, 0.4) is 0 Å². The van der Waals surface area contributed by atoms with Crippen molar-refractivity contribution in [3.8, 4) is 5.69 Å². The average Bonchev–Trinajstić information content (AvgIpc) is 2.80. The van der Waals surface area contributed by atoms with Gasteiger partial charge in [0.1, 0.15) is 11.0 Å². The fraction of sp³-hybridized carbons (Fsp3) is 0. The molecule has 0 aliphatic rings. The number of benzene rings is 1. The van der Waals surface area contributed by atoms with Crippen molar-refractivity contribution < 1.29 is 4.79 Å². The Morgan fingerprint density at radius 2 is 1.90 bits per heavy atom. The van der Waals surface area contributed by atoms with Crippen molar-refractivity contribution in [3.63, 3.8) is 0 Å². The summed E-state index contributed by atoms with van der Waals surface area (Å²) < 4.78 is 2.38. The van der Waals surface area contributed by atoms with E-state index in [1.54, 1.807) is 6.07 Å². The summed E-state index contributed by atoms with van der Waals surface area (Å²) in [5.41, 5.74) is 7.21. The number of carbonyl (C=O) groups excluding carboxylic acids is 1. The molecule has 7 heteroatoms. The Bertz CT molecular complexity index is 813. The van der Waals surface area contributed by atoms with Crippen molar-refractivity contribution >= 4 is 44.5 Å². The molecule has 2 aromatic heterocycles. The number of primary amides is 1. The summed E-state index contributed by atoms with van der Waals surface area (Å²) in [5, 5.41) is 4.76. The van der Waals surface area contributed by atoms with Crippen molar-refractivity contribution in [2.24, 2.45) is 5.73 Å². The maximum atomic E-state index is 11.7. The first-order valence-electron chi connectivity index (χ1n) is 5.67. The molecule has 0 bridgehead atoms. The third kappa shape index (κ3) is 2.07. The summed E-state index contributed by atoms with van der Waals surface area (Å²) >= 11 is 9.44. The molecule has 100 valence electrons. The van der Waals surface area contributed by atoms with E-state index in [-0.39, 0.29) is 5.69 Å². The normalized spacial score (nSPS) is 10.9. The van der Waals surface area contributed by atoms with Crippen LogP contribution < -0.4 is 5.73 Å². The molecule has 1 amide bonds. The number of nitrogens with two attached hydrogens (primary N) is 1. The summed E-state index contributed by atoms with van der Waals surface area (Å²) in [6.45, 7) is 0. The van der Waals surface area contributed by atoms with E-state index in [0.29, 0.717) is 21.7 Å². The second kappa shape index (κ2) is 4.88. The predicted octanol–water partition coefficient (Wildman–Crippen LogP) is 2.94. The van der Waals surface area contributed by atoms with Gasteiger partial charge in [0, 0.05) is 10.7 Å². The zero-order valence-electron chi connectivity index (χ0n) is 10.0. The number of fused-ring (bicyclic) bond motifs is 1. The highest BCUT2D eigenvalue weighted by Gasteiger charge is 2.19. The van der Waals surface area contributed by atoms with Crippen LogP contribution in [-0.2, 0) is 0 Å². The van der Waals surface area contributed by atoms with Crippen LogP contribution in [0, 0.1) is 0 Å². The first kappa shape index (κ1) is 13.1. The number of hydrogen-bond donors (Lipinski definition) is 1. The van der Waals surface area contributed by atoms with Crippen LogP contribution in [0.25, 0.3) is 16.7 Å². The van der Waals surface area contributed by atoms with E-state index in [4.69, 9.17) is 17.3 Å². The van der Waals surface area contributed by atoms with E-state index < -0.39 is 5.91 Å². The van der Waals surface area contributed by atoms with Crippen LogP contribution in [-0.4, -0.2) is 20.7 Å². The van der Waals surface area contributed by atoms with Crippen molar-refractivity contribution in [2.45, 2.75) is 0 Å². The van der Waals surface area contributed by atoms with Crippen LogP contribution in [0.1, 0.15) is 10.5 Å². The van der Waals surface area contributed by atoms with Gasteiger partial charge in [-0.2, -0.15) is 5.10 Å². The predicted molar refractivity (Wildman–Crippen MR) is 80.1 cm³/mol. The molecular weight excluding hydrogens is 344 g/mol. The Morgan fingerprint density at radius 1 is 1.20 bits per heavy atom.